The first-order valence-corrected chi connectivity index (χ1v) is 9.72. The number of aryl methyl sites for hydroxylation is 2. The summed E-state index contributed by atoms with van der Waals surface area (Å²) in [6.45, 7) is 10.2. The Balaban J connectivity index is 2.31. The van der Waals surface area contributed by atoms with Gasteiger partial charge < -0.3 is 9.80 Å². The minimum absolute atomic E-state index is 0.114. The number of likely N-dealkylation sites (N-methyl/N-ethyl adjacent to an activating group) is 1. The van der Waals surface area contributed by atoms with Gasteiger partial charge in [0.05, 0.1) is 20.1 Å². The zero-order valence-corrected chi connectivity index (χ0v) is 16.5. The van der Waals surface area contributed by atoms with Crippen molar-refractivity contribution in [2.75, 3.05) is 25.5 Å². The summed E-state index contributed by atoms with van der Waals surface area (Å²) in [5, 5.41) is 3.17. The number of hydrogen-bond donors (Lipinski definition) is 1. The van der Waals surface area contributed by atoms with E-state index in [-0.39, 0.29) is 17.3 Å². The summed E-state index contributed by atoms with van der Waals surface area (Å²) >= 11 is 0. The smallest absolute Gasteiger partial charge is 0.285 e. The number of hydrogen-bond acceptors (Lipinski definition) is 1. The predicted octanol–water partition coefficient (Wildman–Crippen LogP) is 4.96. The van der Waals surface area contributed by atoms with Gasteiger partial charge in [0, 0.05) is 18.5 Å². The first kappa shape index (κ1) is 19.9. The zero-order chi connectivity index (χ0) is 18.7. The highest BCUT2D eigenvalue weighted by atomic mass is 19.1. The standard InChI is InChI=1S/C21H33FN2O/c1-6-8-13-24(5,12-7-2)21(10-9-11-21)20(25)23-19-16(3)14-18(22)15-17(19)4/h14-15H,6-13H2,1-5H3/p+1. The summed E-state index contributed by atoms with van der Waals surface area (Å²) in [5.74, 6) is -0.135. The van der Waals surface area contributed by atoms with Crippen molar-refractivity contribution in [2.24, 2.45) is 0 Å². The summed E-state index contributed by atoms with van der Waals surface area (Å²) in [5.41, 5.74) is 2.02. The van der Waals surface area contributed by atoms with Gasteiger partial charge in [-0.05, 0) is 56.4 Å². The van der Waals surface area contributed by atoms with Crippen molar-refractivity contribution in [3.8, 4) is 0 Å². The second-order valence-electron chi connectivity index (χ2n) is 7.95. The number of carbonyl (C=O) groups excluding carboxylic acids is 1. The van der Waals surface area contributed by atoms with Gasteiger partial charge in [0.25, 0.3) is 5.91 Å². The van der Waals surface area contributed by atoms with Crippen LogP contribution in [0.5, 0.6) is 0 Å². The zero-order valence-electron chi connectivity index (χ0n) is 16.5. The quantitative estimate of drug-likeness (QED) is 0.660. The molecule has 1 aliphatic rings. The lowest BCUT2D eigenvalue weighted by Gasteiger charge is -2.54. The Hall–Kier alpha value is -1.42. The van der Waals surface area contributed by atoms with Gasteiger partial charge in [-0.2, -0.15) is 0 Å². The Morgan fingerprint density at radius 1 is 1.16 bits per heavy atom. The van der Waals surface area contributed by atoms with Crippen LogP contribution in [0.2, 0.25) is 0 Å². The fourth-order valence-corrected chi connectivity index (χ4v) is 4.40. The Labute approximate surface area is 152 Å². The van der Waals surface area contributed by atoms with Gasteiger partial charge in [-0.3, -0.25) is 4.79 Å². The molecule has 1 aromatic rings. The molecule has 3 nitrogen and oxygen atoms in total. The third kappa shape index (κ3) is 3.74. The largest absolute Gasteiger partial charge is 0.320 e. The fraction of sp³-hybridized carbons (Fsp3) is 0.667. The second kappa shape index (κ2) is 7.86. The molecule has 0 aliphatic heterocycles. The Morgan fingerprint density at radius 3 is 2.20 bits per heavy atom. The molecule has 1 fully saturated rings. The average Bonchev–Trinajstić information content (AvgIpc) is 2.48. The number of anilines is 1. The Morgan fingerprint density at radius 2 is 1.76 bits per heavy atom. The first-order chi connectivity index (χ1) is 11.8. The number of rotatable bonds is 8. The Kier molecular flexibility index (Phi) is 6.26. The molecule has 0 aromatic heterocycles. The van der Waals surface area contributed by atoms with Crippen LogP contribution in [-0.4, -0.2) is 36.1 Å². The molecule has 0 radical (unpaired) electrons. The highest BCUT2D eigenvalue weighted by Gasteiger charge is 2.57. The van der Waals surface area contributed by atoms with Crippen molar-refractivity contribution in [3.05, 3.63) is 29.1 Å². The van der Waals surface area contributed by atoms with Gasteiger partial charge in [-0.15, -0.1) is 0 Å². The van der Waals surface area contributed by atoms with Gasteiger partial charge >= 0.3 is 0 Å². The van der Waals surface area contributed by atoms with Crippen LogP contribution in [0.4, 0.5) is 10.1 Å². The minimum atomic E-state index is -0.335. The van der Waals surface area contributed by atoms with E-state index in [1.165, 1.54) is 12.1 Å². The number of benzene rings is 1. The number of carbonyl (C=O) groups is 1. The van der Waals surface area contributed by atoms with Gasteiger partial charge in [0.2, 0.25) is 0 Å². The molecule has 25 heavy (non-hydrogen) atoms. The molecule has 0 heterocycles. The lowest BCUT2D eigenvalue weighted by molar-refractivity contribution is -0.955. The molecule has 0 bridgehead atoms. The fourth-order valence-electron chi connectivity index (χ4n) is 4.40. The van der Waals surface area contributed by atoms with E-state index in [0.29, 0.717) is 0 Å². The van der Waals surface area contributed by atoms with Crippen molar-refractivity contribution >= 4 is 11.6 Å². The highest BCUT2D eigenvalue weighted by Crippen LogP contribution is 2.43. The second-order valence-corrected chi connectivity index (χ2v) is 7.95. The number of nitrogens with zero attached hydrogens (tertiary/aromatic N) is 1. The van der Waals surface area contributed by atoms with Crippen LogP contribution in [0.25, 0.3) is 0 Å². The molecule has 0 saturated heterocycles. The molecule has 2 rings (SSSR count). The van der Waals surface area contributed by atoms with Crippen molar-refractivity contribution in [1.82, 2.24) is 0 Å². The monoisotopic (exact) mass is 349 g/mol. The van der Waals surface area contributed by atoms with Gasteiger partial charge in [-0.1, -0.05) is 20.3 Å². The van der Waals surface area contributed by atoms with Crippen LogP contribution in [-0.2, 0) is 4.79 Å². The molecule has 1 unspecified atom stereocenters. The lowest BCUT2D eigenvalue weighted by atomic mass is 9.72. The number of quaternary nitrogens is 1. The SMILES string of the molecule is CCCC[N+](C)(CCC)C1(C(=O)Nc2c(C)cc(F)cc2C)CCC1. The van der Waals surface area contributed by atoms with Crippen LogP contribution in [0, 0.1) is 19.7 Å². The summed E-state index contributed by atoms with van der Waals surface area (Å²) in [4.78, 5) is 13.4. The average molecular weight is 350 g/mol. The van der Waals surface area contributed by atoms with E-state index in [1.54, 1.807) is 0 Å². The van der Waals surface area contributed by atoms with Crippen LogP contribution < -0.4 is 5.32 Å². The number of amides is 1. The van der Waals surface area contributed by atoms with E-state index in [9.17, 15) is 9.18 Å². The molecule has 0 spiro atoms. The van der Waals surface area contributed by atoms with E-state index in [0.717, 1.165) is 72.9 Å². The lowest BCUT2D eigenvalue weighted by Crippen LogP contribution is -2.71. The maximum Gasteiger partial charge on any atom is 0.285 e. The maximum atomic E-state index is 13.6. The molecule has 1 atom stereocenters. The predicted molar refractivity (Wildman–Crippen MR) is 102 cm³/mol. The van der Waals surface area contributed by atoms with E-state index in [2.05, 4.69) is 26.2 Å². The van der Waals surface area contributed by atoms with Crippen molar-refractivity contribution in [1.29, 1.82) is 0 Å². The molecular weight excluding hydrogens is 315 g/mol. The van der Waals surface area contributed by atoms with E-state index >= 15 is 0 Å². The number of halogens is 1. The maximum absolute atomic E-state index is 13.6. The summed E-state index contributed by atoms with van der Waals surface area (Å²) in [6.07, 6.45) is 6.35. The summed E-state index contributed by atoms with van der Waals surface area (Å²) < 4.78 is 14.4. The third-order valence-corrected chi connectivity index (χ3v) is 6.10. The Bertz CT molecular complexity index is 601. The number of unbranched alkanes of at least 4 members (excludes halogenated alkanes) is 1. The molecule has 1 aromatic carbocycles. The van der Waals surface area contributed by atoms with E-state index < -0.39 is 0 Å². The van der Waals surface area contributed by atoms with E-state index in [4.69, 9.17) is 0 Å². The molecular formula is C21H34FN2O+. The van der Waals surface area contributed by atoms with Crippen molar-refractivity contribution in [2.45, 2.75) is 71.8 Å². The van der Waals surface area contributed by atoms with Crippen LogP contribution in [0.15, 0.2) is 12.1 Å². The molecule has 1 aliphatic carbocycles. The van der Waals surface area contributed by atoms with Crippen LogP contribution >= 0.6 is 0 Å². The topological polar surface area (TPSA) is 29.1 Å². The molecule has 4 heteroatoms. The molecule has 1 N–H and O–H groups in total. The molecule has 1 saturated carbocycles. The molecule has 1 amide bonds. The van der Waals surface area contributed by atoms with Crippen LogP contribution in [0.3, 0.4) is 0 Å². The van der Waals surface area contributed by atoms with Crippen molar-refractivity contribution in [3.63, 3.8) is 0 Å². The summed E-state index contributed by atoms with van der Waals surface area (Å²) in [7, 11) is 2.25. The highest BCUT2D eigenvalue weighted by molar-refractivity contribution is 5.99. The van der Waals surface area contributed by atoms with Gasteiger partial charge in [0.1, 0.15) is 5.82 Å². The number of nitrogens with one attached hydrogen (secondary N) is 1. The molecule has 140 valence electrons. The summed E-state index contributed by atoms with van der Waals surface area (Å²) in [6, 6.07) is 2.99. The van der Waals surface area contributed by atoms with E-state index in [1.807, 2.05) is 13.8 Å². The van der Waals surface area contributed by atoms with Gasteiger partial charge in [0.15, 0.2) is 5.54 Å². The minimum Gasteiger partial charge on any atom is -0.320 e. The van der Waals surface area contributed by atoms with Crippen LogP contribution in [0.1, 0.15) is 63.5 Å². The first-order valence-electron chi connectivity index (χ1n) is 9.72. The van der Waals surface area contributed by atoms with Gasteiger partial charge in [-0.25, -0.2) is 4.39 Å². The normalized spacial score (nSPS) is 18.3. The third-order valence-electron chi connectivity index (χ3n) is 6.10. The van der Waals surface area contributed by atoms with Crippen molar-refractivity contribution < 1.29 is 13.7 Å².